The largest absolute Gasteiger partial charge is 0.492 e. The van der Waals surface area contributed by atoms with E-state index in [2.05, 4.69) is 21.2 Å². The fraction of sp³-hybridized carbons (Fsp3) is 0.500. The van der Waals surface area contributed by atoms with Gasteiger partial charge >= 0.3 is 0 Å². The third-order valence-electron chi connectivity index (χ3n) is 2.21. The maximum Gasteiger partial charge on any atom is 0.137 e. The predicted octanol–water partition coefficient (Wildman–Crippen LogP) is 1.82. The first-order valence-corrected chi connectivity index (χ1v) is 6.84. The molecule has 0 aliphatic carbocycles. The Morgan fingerprint density at radius 1 is 1.53 bits per heavy atom. The van der Waals surface area contributed by atoms with Crippen molar-refractivity contribution in [1.82, 2.24) is 0 Å². The second-order valence-corrected chi connectivity index (χ2v) is 5.26. The van der Waals surface area contributed by atoms with Crippen LogP contribution in [0.2, 0.25) is 5.02 Å². The Balaban J connectivity index is 2.18. The Morgan fingerprint density at radius 2 is 2.29 bits per heavy atom. The van der Waals surface area contributed by atoms with Crippen molar-refractivity contribution < 1.29 is 15.2 Å². The number of nitrogens with two attached hydrogens (primary N) is 1. The van der Waals surface area contributed by atoms with Gasteiger partial charge in [-0.25, -0.2) is 0 Å². The Bertz CT molecular complexity index is 347. The fourth-order valence-electron chi connectivity index (χ4n) is 1.36. The molecular weight excluding hydrogens is 305 g/mol. The summed E-state index contributed by atoms with van der Waals surface area (Å²) in [4.78, 5) is 0. The fourth-order valence-corrected chi connectivity index (χ4v) is 2.09. The predicted molar refractivity (Wildman–Crippen MR) is 72.6 cm³/mol. The number of aliphatic hydroxyl groups is 1. The van der Waals surface area contributed by atoms with Gasteiger partial charge in [0, 0.05) is 10.9 Å². The summed E-state index contributed by atoms with van der Waals surface area (Å²) in [6.07, 6.45) is 0.677. The van der Waals surface area contributed by atoms with Gasteiger partial charge in [-0.2, -0.15) is 0 Å². The van der Waals surface area contributed by atoms with E-state index in [1.54, 1.807) is 6.92 Å². The molecule has 0 aromatic heterocycles. The SMILES string of the molecule is C[C@@H](O)C[NH2+]CCCOc1ccc(Br)cc1Cl. The third kappa shape index (κ3) is 6.27. The van der Waals surface area contributed by atoms with Crippen LogP contribution in [0, 0.1) is 0 Å². The average Bonchev–Trinajstić information content (AvgIpc) is 2.25. The molecule has 0 spiro atoms. The van der Waals surface area contributed by atoms with Crippen LogP contribution in [0.5, 0.6) is 5.75 Å². The maximum absolute atomic E-state index is 9.06. The molecule has 5 heteroatoms. The van der Waals surface area contributed by atoms with Crippen molar-refractivity contribution in [2.24, 2.45) is 0 Å². The zero-order chi connectivity index (χ0) is 12.7. The van der Waals surface area contributed by atoms with E-state index in [-0.39, 0.29) is 6.10 Å². The number of rotatable bonds is 7. The molecule has 1 rings (SSSR count). The molecule has 1 aromatic carbocycles. The van der Waals surface area contributed by atoms with Crippen LogP contribution < -0.4 is 10.1 Å². The van der Waals surface area contributed by atoms with Crippen molar-refractivity contribution in [3.05, 3.63) is 27.7 Å². The first-order chi connectivity index (χ1) is 8.09. The molecule has 0 amide bonds. The molecule has 1 atom stereocenters. The molecule has 0 radical (unpaired) electrons. The summed E-state index contributed by atoms with van der Waals surface area (Å²) in [7, 11) is 0. The number of ether oxygens (including phenoxy) is 1. The van der Waals surface area contributed by atoms with Crippen molar-refractivity contribution in [2.75, 3.05) is 19.7 Å². The monoisotopic (exact) mass is 322 g/mol. The number of hydrogen-bond donors (Lipinski definition) is 2. The minimum atomic E-state index is -0.253. The summed E-state index contributed by atoms with van der Waals surface area (Å²) in [6.45, 7) is 4.10. The molecule has 3 nitrogen and oxygen atoms in total. The van der Waals surface area contributed by atoms with E-state index < -0.39 is 0 Å². The van der Waals surface area contributed by atoms with E-state index in [1.165, 1.54) is 0 Å². The third-order valence-corrected chi connectivity index (χ3v) is 3.00. The summed E-state index contributed by atoms with van der Waals surface area (Å²) in [5.74, 6) is 0.713. The van der Waals surface area contributed by atoms with Gasteiger partial charge in [-0.05, 0) is 25.1 Å². The lowest BCUT2D eigenvalue weighted by Crippen LogP contribution is -2.86. The molecule has 0 saturated carbocycles. The van der Waals surface area contributed by atoms with Crippen LogP contribution in [0.15, 0.2) is 22.7 Å². The quantitative estimate of drug-likeness (QED) is 0.752. The summed E-state index contributed by atoms with van der Waals surface area (Å²) < 4.78 is 6.51. The number of quaternary nitrogens is 1. The molecule has 3 N–H and O–H groups in total. The smallest absolute Gasteiger partial charge is 0.137 e. The van der Waals surface area contributed by atoms with Crippen LogP contribution >= 0.6 is 27.5 Å². The van der Waals surface area contributed by atoms with Gasteiger partial charge in [0.2, 0.25) is 0 Å². The highest BCUT2D eigenvalue weighted by Gasteiger charge is 2.02. The molecule has 0 bridgehead atoms. The number of halogens is 2. The van der Waals surface area contributed by atoms with E-state index in [4.69, 9.17) is 21.4 Å². The minimum absolute atomic E-state index is 0.253. The van der Waals surface area contributed by atoms with E-state index in [0.717, 1.165) is 24.0 Å². The van der Waals surface area contributed by atoms with Gasteiger partial charge in [-0.15, -0.1) is 0 Å². The second kappa shape index (κ2) is 7.93. The van der Waals surface area contributed by atoms with Crippen LogP contribution in [-0.4, -0.2) is 30.9 Å². The van der Waals surface area contributed by atoms with Gasteiger partial charge in [0.25, 0.3) is 0 Å². The van der Waals surface area contributed by atoms with Crippen LogP contribution in [0.3, 0.4) is 0 Å². The molecular formula is C12H18BrClNO2+. The van der Waals surface area contributed by atoms with Crippen LogP contribution in [0.25, 0.3) is 0 Å². The zero-order valence-corrected chi connectivity index (χ0v) is 12.2. The molecule has 0 aliphatic rings. The van der Waals surface area contributed by atoms with Gasteiger partial charge in [0.1, 0.15) is 12.3 Å². The highest BCUT2D eigenvalue weighted by molar-refractivity contribution is 9.10. The van der Waals surface area contributed by atoms with Gasteiger partial charge in [-0.1, -0.05) is 27.5 Å². The lowest BCUT2D eigenvalue weighted by atomic mass is 10.3. The maximum atomic E-state index is 9.06. The first kappa shape index (κ1) is 14.8. The van der Waals surface area contributed by atoms with Gasteiger partial charge in [0.15, 0.2) is 0 Å². The number of aliphatic hydroxyl groups excluding tert-OH is 1. The molecule has 17 heavy (non-hydrogen) atoms. The Labute approximate surface area is 115 Å². The van der Waals surface area contributed by atoms with Crippen molar-refractivity contribution in [3.8, 4) is 5.75 Å². The lowest BCUT2D eigenvalue weighted by molar-refractivity contribution is -0.660. The van der Waals surface area contributed by atoms with Gasteiger partial charge in [0.05, 0.1) is 24.3 Å². The van der Waals surface area contributed by atoms with Gasteiger partial charge in [-0.3, -0.25) is 0 Å². The van der Waals surface area contributed by atoms with Crippen LogP contribution in [-0.2, 0) is 0 Å². The Kier molecular flexibility index (Phi) is 6.89. The molecule has 1 aromatic rings. The van der Waals surface area contributed by atoms with Crippen molar-refractivity contribution >= 4 is 27.5 Å². The molecule has 0 fully saturated rings. The molecule has 0 heterocycles. The molecule has 0 saturated heterocycles. The first-order valence-electron chi connectivity index (χ1n) is 5.67. The van der Waals surface area contributed by atoms with Crippen molar-refractivity contribution in [2.45, 2.75) is 19.4 Å². The van der Waals surface area contributed by atoms with Crippen molar-refractivity contribution in [3.63, 3.8) is 0 Å². The van der Waals surface area contributed by atoms with E-state index in [9.17, 15) is 0 Å². The highest BCUT2D eigenvalue weighted by atomic mass is 79.9. The van der Waals surface area contributed by atoms with Crippen molar-refractivity contribution in [1.29, 1.82) is 0 Å². The second-order valence-electron chi connectivity index (χ2n) is 3.94. The summed E-state index contributed by atoms with van der Waals surface area (Å²) >= 11 is 9.36. The number of hydrogen-bond acceptors (Lipinski definition) is 2. The zero-order valence-electron chi connectivity index (χ0n) is 9.83. The normalized spacial score (nSPS) is 12.5. The Morgan fingerprint density at radius 3 is 2.94 bits per heavy atom. The van der Waals surface area contributed by atoms with E-state index in [1.807, 2.05) is 18.2 Å². The number of benzene rings is 1. The molecule has 96 valence electrons. The topological polar surface area (TPSA) is 46.1 Å². The van der Waals surface area contributed by atoms with E-state index >= 15 is 0 Å². The van der Waals surface area contributed by atoms with Crippen LogP contribution in [0.4, 0.5) is 0 Å². The molecule has 0 unspecified atom stereocenters. The highest BCUT2D eigenvalue weighted by Crippen LogP contribution is 2.27. The summed E-state index contributed by atoms with van der Waals surface area (Å²) in [6, 6.07) is 5.57. The standard InChI is InChI=1S/C12H17BrClNO2/c1-9(16)8-15-5-2-6-17-12-4-3-10(13)7-11(12)14/h3-4,7,9,15-16H,2,5-6,8H2,1H3/p+1/t9-/m1/s1. The van der Waals surface area contributed by atoms with E-state index in [0.29, 0.717) is 17.4 Å². The van der Waals surface area contributed by atoms with Crippen LogP contribution in [0.1, 0.15) is 13.3 Å². The summed E-state index contributed by atoms with van der Waals surface area (Å²) in [5.41, 5.74) is 0. The Hall–Kier alpha value is -0.290. The summed E-state index contributed by atoms with van der Waals surface area (Å²) in [5, 5.41) is 11.8. The van der Waals surface area contributed by atoms with Gasteiger partial charge < -0.3 is 15.2 Å². The average molecular weight is 324 g/mol. The molecule has 0 aliphatic heterocycles. The lowest BCUT2D eigenvalue weighted by Gasteiger charge is -2.08. The minimum Gasteiger partial charge on any atom is -0.492 e.